The number of hydrazone groups is 1. The molecule has 8 heteroatoms. The third-order valence-corrected chi connectivity index (χ3v) is 8.15. The minimum absolute atomic E-state index is 0.0246. The number of hydrogen-bond donors (Lipinski definition) is 2. The summed E-state index contributed by atoms with van der Waals surface area (Å²) in [5.74, 6) is 0.219. The zero-order valence-corrected chi connectivity index (χ0v) is 23.1. The lowest BCUT2D eigenvalue weighted by Gasteiger charge is -2.23. The van der Waals surface area contributed by atoms with E-state index in [0.29, 0.717) is 30.6 Å². The number of rotatable bonds is 6. The molecule has 41 heavy (non-hydrogen) atoms. The summed E-state index contributed by atoms with van der Waals surface area (Å²) < 4.78 is 0. The number of likely N-dealkylation sites (N-methyl/N-ethyl adjacent to an activating group) is 1. The van der Waals surface area contributed by atoms with Gasteiger partial charge in [0.1, 0.15) is 5.82 Å². The number of nitrogens with one attached hydrogen (secondary N) is 1. The van der Waals surface area contributed by atoms with Crippen molar-refractivity contribution in [1.29, 1.82) is 0 Å². The Kier molecular flexibility index (Phi) is 7.37. The molecule has 2 aliphatic heterocycles. The molecule has 0 spiro atoms. The van der Waals surface area contributed by atoms with Gasteiger partial charge in [-0.2, -0.15) is 5.10 Å². The van der Waals surface area contributed by atoms with Gasteiger partial charge in [0.2, 0.25) is 0 Å². The predicted octanol–water partition coefficient (Wildman–Crippen LogP) is 4.45. The minimum Gasteiger partial charge on any atom is -0.383 e. The van der Waals surface area contributed by atoms with Gasteiger partial charge in [0.15, 0.2) is 0 Å². The Balaban J connectivity index is 1.08. The first-order valence-corrected chi connectivity index (χ1v) is 14.1. The molecule has 0 saturated carbocycles. The van der Waals surface area contributed by atoms with Crippen LogP contribution in [0.5, 0.6) is 0 Å². The molecule has 208 valence electrons. The molecule has 0 bridgehead atoms. The van der Waals surface area contributed by atoms with Crippen molar-refractivity contribution in [2.75, 3.05) is 32.4 Å². The van der Waals surface area contributed by atoms with Gasteiger partial charge >= 0.3 is 0 Å². The van der Waals surface area contributed by atoms with Crippen LogP contribution in [0, 0.1) is 0 Å². The minimum atomic E-state index is -0.271. The molecule has 1 fully saturated rings. The lowest BCUT2D eigenvalue weighted by Crippen LogP contribution is -2.38. The van der Waals surface area contributed by atoms with Gasteiger partial charge < -0.3 is 16.0 Å². The van der Waals surface area contributed by atoms with Crippen LogP contribution >= 0.6 is 0 Å². The molecule has 6 rings (SSSR count). The van der Waals surface area contributed by atoms with E-state index in [1.807, 2.05) is 41.4 Å². The third-order valence-electron chi connectivity index (χ3n) is 8.15. The number of amides is 2. The third kappa shape index (κ3) is 5.63. The highest BCUT2D eigenvalue weighted by atomic mass is 16.2. The van der Waals surface area contributed by atoms with Crippen molar-refractivity contribution < 1.29 is 9.59 Å². The molecule has 2 aromatic carbocycles. The summed E-state index contributed by atoms with van der Waals surface area (Å²) in [7, 11) is 1.91. The molecule has 8 nitrogen and oxygen atoms in total. The molecule has 2 unspecified atom stereocenters. The van der Waals surface area contributed by atoms with Gasteiger partial charge in [0.05, 0.1) is 5.56 Å². The van der Waals surface area contributed by atoms with Gasteiger partial charge in [-0.1, -0.05) is 60.7 Å². The zero-order chi connectivity index (χ0) is 28.3. The van der Waals surface area contributed by atoms with Gasteiger partial charge in [-0.05, 0) is 53.3 Å². The maximum Gasteiger partial charge on any atom is 0.255 e. The van der Waals surface area contributed by atoms with E-state index in [-0.39, 0.29) is 35.5 Å². The van der Waals surface area contributed by atoms with Crippen LogP contribution in [-0.4, -0.2) is 65.6 Å². The van der Waals surface area contributed by atoms with Crippen molar-refractivity contribution in [3.63, 3.8) is 0 Å². The monoisotopic (exact) mass is 546 g/mol. The number of likely N-dealkylation sites (tertiary alicyclic amines) is 1. The van der Waals surface area contributed by atoms with Gasteiger partial charge in [-0.3, -0.25) is 14.6 Å². The summed E-state index contributed by atoms with van der Waals surface area (Å²) in [6.07, 6.45) is 11.7. The van der Waals surface area contributed by atoms with Crippen molar-refractivity contribution in [2.24, 2.45) is 5.10 Å². The molecule has 1 aliphatic carbocycles. The van der Waals surface area contributed by atoms with E-state index in [4.69, 9.17) is 5.73 Å². The Morgan fingerprint density at radius 3 is 2.59 bits per heavy atom. The van der Waals surface area contributed by atoms with E-state index in [0.717, 1.165) is 18.5 Å². The number of hydrogen-bond acceptors (Lipinski definition) is 6. The standard InChI is InChI=1S/C33H34N6O2/c1-38-20-26(19-36-38)25-17-30(31(34)35-18-25)32(40)37-27-15-16-39(21-27)33(41)24-13-11-23(12-14-24)29-10-6-5-9-28(29)22-7-3-2-4-8-22/h2-9,11-14,17-19,26-27,29H,10,15-16,20-21H2,1H3,(H2,34,35)(H,37,40)/t26?,27-,29?/m1/s1. The van der Waals surface area contributed by atoms with Crippen molar-refractivity contribution in [1.82, 2.24) is 20.2 Å². The number of anilines is 1. The van der Waals surface area contributed by atoms with E-state index < -0.39 is 0 Å². The van der Waals surface area contributed by atoms with Gasteiger partial charge in [0.25, 0.3) is 11.8 Å². The number of allylic oxidation sites excluding steroid dienone is 4. The highest BCUT2D eigenvalue weighted by Gasteiger charge is 2.29. The predicted molar refractivity (Wildman–Crippen MR) is 162 cm³/mol. The summed E-state index contributed by atoms with van der Waals surface area (Å²) in [5, 5.41) is 9.19. The molecule has 3 aliphatic rings. The maximum absolute atomic E-state index is 13.3. The Labute approximate surface area is 240 Å². The molecule has 3 N–H and O–H groups in total. The van der Waals surface area contributed by atoms with Gasteiger partial charge in [-0.25, -0.2) is 4.98 Å². The maximum atomic E-state index is 13.3. The second-order valence-electron chi connectivity index (χ2n) is 10.9. The van der Waals surface area contributed by atoms with Gasteiger partial charge in [0, 0.05) is 62.5 Å². The highest BCUT2D eigenvalue weighted by Crippen LogP contribution is 2.37. The lowest BCUT2D eigenvalue weighted by molar-refractivity contribution is 0.0783. The fourth-order valence-electron chi connectivity index (χ4n) is 5.88. The Morgan fingerprint density at radius 2 is 1.83 bits per heavy atom. The van der Waals surface area contributed by atoms with Crippen LogP contribution in [0.1, 0.15) is 62.1 Å². The molecule has 1 saturated heterocycles. The number of pyridine rings is 1. The number of aromatic nitrogens is 1. The Hall–Kier alpha value is -4.72. The highest BCUT2D eigenvalue weighted by molar-refractivity contribution is 5.99. The molecule has 0 radical (unpaired) electrons. The first-order chi connectivity index (χ1) is 20.0. The molecule has 3 heterocycles. The average Bonchev–Trinajstić information content (AvgIpc) is 3.66. The molecule has 3 atom stereocenters. The Bertz CT molecular complexity index is 1530. The molecule has 2 amide bonds. The molecule has 3 aromatic rings. The van der Waals surface area contributed by atoms with Crippen LogP contribution in [0.4, 0.5) is 5.82 Å². The first kappa shape index (κ1) is 26.5. The van der Waals surface area contributed by atoms with E-state index in [1.54, 1.807) is 12.3 Å². The number of carbonyl (C=O) groups is 2. The quantitative estimate of drug-likeness (QED) is 0.476. The zero-order valence-electron chi connectivity index (χ0n) is 23.1. The van der Waals surface area contributed by atoms with Crippen LogP contribution in [0.2, 0.25) is 0 Å². The largest absolute Gasteiger partial charge is 0.383 e. The fraction of sp³-hybridized carbons (Fsp3) is 0.273. The number of nitrogen functional groups attached to an aromatic ring is 1. The fourth-order valence-corrected chi connectivity index (χ4v) is 5.88. The second kappa shape index (κ2) is 11.4. The van der Waals surface area contributed by atoms with E-state index >= 15 is 0 Å². The lowest BCUT2D eigenvalue weighted by atomic mass is 9.81. The SMILES string of the molecule is CN1CC(c2cnc(N)c(C(=O)N[C@@H]3CCN(C(=O)c4ccc(C5CC=CC=C5c5ccccc5)cc4)C3)c2)C=N1. The number of carbonyl (C=O) groups excluding carboxylic acids is 2. The van der Waals surface area contributed by atoms with E-state index in [1.165, 1.54) is 16.7 Å². The number of nitrogens with zero attached hydrogens (tertiary/aromatic N) is 4. The normalized spacial score (nSPS) is 21.7. The van der Waals surface area contributed by atoms with Crippen molar-refractivity contribution in [3.8, 4) is 0 Å². The summed E-state index contributed by atoms with van der Waals surface area (Å²) in [5.41, 5.74) is 11.7. The molecule has 1 aromatic heterocycles. The van der Waals surface area contributed by atoms with Crippen LogP contribution < -0.4 is 11.1 Å². The van der Waals surface area contributed by atoms with Crippen molar-refractivity contribution >= 4 is 29.4 Å². The second-order valence-corrected chi connectivity index (χ2v) is 10.9. The number of nitrogens with two attached hydrogens (primary N) is 1. The van der Waals surface area contributed by atoms with Crippen LogP contribution in [0.3, 0.4) is 0 Å². The first-order valence-electron chi connectivity index (χ1n) is 14.1. The molecular formula is C33H34N6O2. The summed E-state index contributed by atoms with van der Waals surface area (Å²) in [6.45, 7) is 1.77. The Morgan fingerprint density at radius 1 is 1.02 bits per heavy atom. The smallest absolute Gasteiger partial charge is 0.255 e. The topological polar surface area (TPSA) is 104 Å². The summed E-state index contributed by atoms with van der Waals surface area (Å²) in [4.78, 5) is 32.5. The molecular weight excluding hydrogens is 512 g/mol. The van der Waals surface area contributed by atoms with Crippen LogP contribution in [0.25, 0.3) is 5.57 Å². The van der Waals surface area contributed by atoms with Crippen LogP contribution in [-0.2, 0) is 0 Å². The van der Waals surface area contributed by atoms with E-state index in [9.17, 15) is 9.59 Å². The summed E-state index contributed by atoms with van der Waals surface area (Å²) >= 11 is 0. The van der Waals surface area contributed by atoms with Crippen molar-refractivity contribution in [2.45, 2.75) is 30.7 Å². The number of benzene rings is 2. The van der Waals surface area contributed by atoms with Crippen LogP contribution in [0.15, 0.2) is 90.2 Å². The van der Waals surface area contributed by atoms with Gasteiger partial charge in [-0.15, -0.1) is 0 Å². The summed E-state index contributed by atoms with van der Waals surface area (Å²) in [6, 6.07) is 20.1. The average molecular weight is 547 g/mol. The van der Waals surface area contributed by atoms with E-state index in [2.05, 4.69) is 70.0 Å². The van der Waals surface area contributed by atoms with Crippen molar-refractivity contribution in [3.05, 3.63) is 113 Å².